The van der Waals surface area contributed by atoms with Gasteiger partial charge in [0.2, 0.25) is 0 Å². The summed E-state index contributed by atoms with van der Waals surface area (Å²) in [4.78, 5) is 20.2. The number of pyridine rings is 4. The fourth-order valence-corrected chi connectivity index (χ4v) is 16.3. The summed E-state index contributed by atoms with van der Waals surface area (Å²) >= 11 is 0. The number of nitrogens with zero attached hydrogens (tertiary/aromatic N) is 10. The van der Waals surface area contributed by atoms with Gasteiger partial charge >= 0.3 is 0 Å². The van der Waals surface area contributed by atoms with E-state index in [1.807, 2.05) is 70.5 Å². The average molecular weight is 1560 g/mol. The summed E-state index contributed by atoms with van der Waals surface area (Å²) in [6, 6.07) is 93.7. The molecule has 0 atom stereocenters. The van der Waals surface area contributed by atoms with Gasteiger partial charge in [0.25, 0.3) is 0 Å². The molecule has 9 aromatic carbocycles. The van der Waals surface area contributed by atoms with Crippen molar-refractivity contribution in [1.82, 2.24) is 49.9 Å². The van der Waals surface area contributed by atoms with Crippen LogP contribution in [0.3, 0.4) is 0 Å². The molecule has 12 heteroatoms. The molecule has 12 nitrogen and oxygen atoms in total. The van der Waals surface area contributed by atoms with Gasteiger partial charge in [0.1, 0.15) is 22.9 Å². The van der Waals surface area contributed by atoms with Gasteiger partial charge in [-0.1, -0.05) is 329 Å². The van der Waals surface area contributed by atoms with E-state index >= 15 is 0 Å². The maximum atomic E-state index is 6.48. The zero-order chi connectivity index (χ0) is 83.2. The van der Waals surface area contributed by atoms with Crippen LogP contribution in [0.4, 0.5) is 0 Å². The summed E-state index contributed by atoms with van der Waals surface area (Å²) in [6.07, 6.45) is 9.08. The maximum absolute atomic E-state index is 6.48. The van der Waals surface area contributed by atoms with Crippen LogP contribution in [0.1, 0.15) is 215 Å². The van der Waals surface area contributed by atoms with Gasteiger partial charge in [-0.2, -0.15) is 0 Å². The van der Waals surface area contributed by atoms with Gasteiger partial charge in [-0.25, -0.2) is 9.97 Å². The van der Waals surface area contributed by atoms with E-state index < -0.39 is 10.8 Å². The average Bonchev–Trinajstić information content (AvgIpc) is 0.846. The Kier molecular flexibility index (Phi) is 22.1. The Morgan fingerprint density at radius 3 is 0.712 bits per heavy atom. The molecule has 598 valence electrons. The number of aromatic nitrogens is 10. The van der Waals surface area contributed by atoms with Crippen LogP contribution in [0, 0.1) is 0 Å². The predicted octanol–water partition coefficient (Wildman–Crippen LogP) is 24.9. The van der Waals surface area contributed by atoms with Crippen LogP contribution >= 0.6 is 0 Å². The Balaban J connectivity index is 0.579. The molecule has 0 aliphatic carbocycles. The molecule has 0 bridgehead atoms. The van der Waals surface area contributed by atoms with E-state index in [0.29, 0.717) is 26.3 Å². The van der Waals surface area contributed by atoms with Crippen molar-refractivity contribution in [2.45, 2.75) is 194 Å². The van der Waals surface area contributed by atoms with Gasteiger partial charge in [0.05, 0.1) is 70.2 Å². The Hall–Kier alpha value is -12.0. The zero-order valence-electron chi connectivity index (χ0n) is 72.1. The molecular formula is C106H112N10O2. The van der Waals surface area contributed by atoms with Crippen LogP contribution in [-0.4, -0.2) is 63.1 Å². The molecule has 0 aliphatic heterocycles. The van der Waals surface area contributed by atoms with E-state index in [1.54, 1.807) is 0 Å². The molecule has 0 saturated carbocycles. The quantitative estimate of drug-likeness (QED) is 0.0367. The third kappa shape index (κ3) is 17.0. The van der Waals surface area contributed by atoms with E-state index in [4.69, 9.17) is 29.4 Å². The first-order valence-electron chi connectivity index (χ1n) is 41.8. The van der Waals surface area contributed by atoms with Crippen LogP contribution in [0.2, 0.25) is 0 Å². The first kappa shape index (κ1) is 81.1. The lowest BCUT2D eigenvalue weighted by atomic mass is 9.64. The normalized spacial score (nSPS) is 12.7. The van der Waals surface area contributed by atoms with E-state index in [-0.39, 0.29) is 32.5 Å². The second kappa shape index (κ2) is 32.1. The van der Waals surface area contributed by atoms with Crippen molar-refractivity contribution in [3.05, 3.63) is 357 Å². The van der Waals surface area contributed by atoms with Crippen molar-refractivity contribution in [3.8, 4) is 56.8 Å². The van der Waals surface area contributed by atoms with Crippen LogP contribution in [0.25, 0.3) is 67.1 Å². The van der Waals surface area contributed by atoms with Crippen LogP contribution < -0.4 is 9.47 Å². The van der Waals surface area contributed by atoms with Crippen molar-refractivity contribution >= 4 is 21.8 Å². The van der Waals surface area contributed by atoms with Crippen LogP contribution in [0.15, 0.2) is 280 Å². The number of ether oxygens (including phenoxy) is 2. The summed E-state index contributed by atoms with van der Waals surface area (Å²) in [5.74, 6) is 1.63. The first-order valence-corrected chi connectivity index (χ1v) is 41.8. The van der Waals surface area contributed by atoms with Crippen molar-refractivity contribution in [2.24, 2.45) is 0 Å². The molecule has 0 unspecified atom stereocenters. The van der Waals surface area contributed by atoms with Crippen molar-refractivity contribution in [1.29, 1.82) is 0 Å². The second-order valence-corrected chi connectivity index (χ2v) is 38.1. The van der Waals surface area contributed by atoms with E-state index in [2.05, 4.69) is 364 Å². The maximum Gasteiger partial charge on any atom is 0.119 e. The van der Waals surface area contributed by atoms with Gasteiger partial charge in [-0.15, -0.1) is 10.2 Å². The standard InChI is InChI=1S/C106H112N10O2/c1-99(2,3)75-27-39-81(40-28-75)105(82-41-29-76(30-42-82)100(4,5)6,83-43-31-77(32-44-83)101(7,8)9)87-51-55-89(56-52-87)117-65-19-63-115-69-95(111-113-115)73-25-59-91(107-67-73)93-61-23-71-21-22-72-24-62-94(110-98(72)97(71)109-93)92-60-26-74(68-108-92)96-70-116(114-112-96)64-20-66-118-90-57-53-88(54-58-90)106(84-45-33-78(34-46-84)102(10,11)12,85-47-35-79(36-48-85)103(13,14)15)86-49-37-80(38-50-86)104(16,17)18/h21-62,67-70H,19-20,63-66H2,1-18H3. The summed E-state index contributed by atoms with van der Waals surface area (Å²) < 4.78 is 16.7. The van der Waals surface area contributed by atoms with E-state index in [9.17, 15) is 0 Å². The minimum absolute atomic E-state index is 0.0146. The van der Waals surface area contributed by atoms with E-state index in [1.165, 1.54) is 77.9 Å². The highest BCUT2D eigenvalue weighted by atomic mass is 16.5. The van der Waals surface area contributed by atoms with Crippen molar-refractivity contribution in [3.63, 3.8) is 0 Å². The second-order valence-electron chi connectivity index (χ2n) is 38.1. The molecule has 0 radical (unpaired) electrons. The smallest absolute Gasteiger partial charge is 0.119 e. The molecule has 0 N–H and O–H groups in total. The van der Waals surface area contributed by atoms with Crippen molar-refractivity contribution in [2.75, 3.05) is 13.2 Å². The number of fused-ring (bicyclic) bond motifs is 3. The highest BCUT2D eigenvalue weighted by Crippen LogP contribution is 2.50. The third-order valence-corrected chi connectivity index (χ3v) is 23.5. The monoisotopic (exact) mass is 1560 g/mol. The van der Waals surface area contributed by atoms with Gasteiger partial charge in [0, 0.05) is 60.2 Å². The SMILES string of the molecule is CC(C)(C)c1ccc(C(c2ccc(OCCCn3cc(-c4ccc(-c5ccc6ccc7ccc(-c8ccc(-c9cn(CCCOc%10ccc(C(c%11ccc(C(C)(C)C)cc%11)(c%11ccc(C(C)(C)C)cc%11)c%11ccc(C(C)(C)C)cc%11)cc%10)nn9)cn8)nc7c6n5)nc4)nn3)cc2)(c2ccc(C(C)(C)C)cc2)c2ccc(C(C)(C)C)cc2)cc1. The fraction of sp³-hybridized carbons (Fsp3) is 0.302. The molecule has 0 saturated heterocycles. The topological polar surface area (TPSA) is 131 Å². The van der Waals surface area contributed by atoms with Crippen LogP contribution in [0.5, 0.6) is 11.5 Å². The van der Waals surface area contributed by atoms with Crippen LogP contribution in [-0.2, 0) is 56.4 Å². The Morgan fingerprint density at radius 2 is 0.475 bits per heavy atom. The molecular weight excluding hydrogens is 1450 g/mol. The molecule has 0 aliphatic rings. The molecule has 15 rings (SSSR count). The van der Waals surface area contributed by atoms with Gasteiger partial charge in [-0.3, -0.25) is 19.3 Å². The lowest BCUT2D eigenvalue weighted by molar-refractivity contribution is 0.297. The predicted molar refractivity (Wildman–Crippen MR) is 483 cm³/mol. The van der Waals surface area contributed by atoms with Gasteiger partial charge in [0.15, 0.2) is 0 Å². The Labute approximate surface area is 698 Å². The summed E-state index contributed by atoms with van der Waals surface area (Å²) in [6.45, 7) is 43.2. The molecule has 6 aromatic heterocycles. The third-order valence-electron chi connectivity index (χ3n) is 23.5. The summed E-state index contributed by atoms with van der Waals surface area (Å²) in [5.41, 5.74) is 24.0. The highest BCUT2D eigenvalue weighted by Gasteiger charge is 2.42. The number of benzene rings is 9. The highest BCUT2D eigenvalue weighted by molar-refractivity contribution is 6.04. The van der Waals surface area contributed by atoms with Gasteiger partial charge < -0.3 is 9.47 Å². The molecule has 15 aromatic rings. The molecule has 118 heavy (non-hydrogen) atoms. The molecule has 0 amide bonds. The fourth-order valence-electron chi connectivity index (χ4n) is 16.3. The minimum atomic E-state index is -0.611. The van der Waals surface area contributed by atoms with Crippen molar-refractivity contribution < 1.29 is 9.47 Å². The lowest BCUT2D eigenvalue weighted by Crippen LogP contribution is -2.31. The summed E-state index contributed by atoms with van der Waals surface area (Å²) in [7, 11) is 0. The zero-order valence-corrected chi connectivity index (χ0v) is 72.1. The largest absolute Gasteiger partial charge is 0.494 e. The first-order chi connectivity index (χ1) is 56.2. The van der Waals surface area contributed by atoms with Gasteiger partial charge in [-0.05, 0) is 171 Å². The van der Waals surface area contributed by atoms with E-state index in [0.717, 1.165) is 91.4 Å². The molecule has 0 spiro atoms. The molecule has 6 heterocycles. The Morgan fingerprint density at radius 1 is 0.246 bits per heavy atom. The number of aryl methyl sites for hydroxylation is 2. The minimum Gasteiger partial charge on any atom is -0.494 e. The Bertz CT molecular complexity index is 5310. The number of rotatable bonds is 22. The number of hydrogen-bond acceptors (Lipinski definition) is 10. The summed E-state index contributed by atoms with van der Waals surface area (Å²) in [5, 5.41) is 20.1. The lowest BCUT2D eigenvalue weighted by Gasteiger charge is -2.38. The molecule has 0 fully saturated rings. The number of hydrogen-bond donors (Lipinski definition) is 0.